The molecule has 0 unspecified atom stereocenters. The first-order chi connectivity index (χ1) is 9.72. The van der Waals surface area contributed by atoms with Crippen LogP contribution in [0.3, 0.4) is 0 Å². The predicted molar refractivity (Wildman–Crippen MR) is 80.6 cm³/mol. The number of halogens is 1. The molecular weight excluding hydrogens is 294 g/mol. The fourth-order valence-electron chi connectivity index (χ4n) is 1.65. The lowest BCUT2D eigenvalue weighted by molar-refractivity contribution is -0.148. The van der Waals surface area contributed by atoms with E-state index in [-0.39, 0.29) is 0 Å². The molecule has 116 valence electrons. The molecule has 1 aromatic rings. The molecule has 1 aromatic heterocycles. The van der Waals surface area contributed by atoms with Crippen LogP contribution in [-0.2, 0) is 20.9 Å². The first kappa shape index (κ1) is 17.2. The molecule has 1 atom stereocenters. The second-order valence-corrected chi connectivity index (χ2v) is 5.54. The quantitative estimate of drug-likeness (QED) is 0.642. The summed E-state index contributed by atoms with van der Waals surface area (Å²) in [7, 11) is 0. The number of primary amides is 1. The minimum absolute atomic E-state index is 0.403. The summed E-state index contributed by atoms with van der Waals surface area (Å²) < 4.78 is 6.51. The maximum absolute atomic E-state index is 11.6. The summed E-state index contributed by atoms with van der Waals surface area (Å²) in [5.41, 5.74) is 6.38. The van der Waals surface area contributed by atoms with Crippen LogP contribution in [0.15, 0.2) is 6.08 Å². The van der Waals surface area contributed by atoms with E-state index in [2.05, 4.69) is 18.9 Å². The summed E-state index contributed by atoms with van der Waals surface area (Å²) in [6, 6.07) is 0. The number of hydrogen-bond acceptors (Lipinski definition) is 4. The third-order valence-electron chi connectivity index (χ3n) is 2.73. The minimum Gasteiger partial charge on any atom is -0.449 e. The molecule has 0 saturated carbocycles. The molecule has 0 bridgehead atoms. The zero-order valence-electron chi connectivity index (χ0n) is 12.6. The number of rotatable bonds is 6. The summed E-state index contributed by atoms with van der Waals surface area (Å²) in [6.07, 6.45) is 1.76. The zero-order chi connectivity index (χ0) is 16.2. The Morgan fingerprint density at radius 2 is 2.05 bits per heavy atom. The molecule has 0 aliphatic rings. The van der Waals surface area contributed by atoms with E-state index in [1.54, 1.807) is 11.6 Å². The number of nitrogens with two attached hydrogens (primary N) is 1. The number of hydrogen-bond donors (Lipinski definition) is 1. The Hall–Kier alpha value is -1.82. The second kappa shape index (κ2) is 7.26. The number of ether oxygens (including phenoxy) is 1. The van der Waals surface area contributed by atoms with Gasteiger partial charge in [0.05, 0.1) is 5.69 Å². The van der Waals surface area contributed by atoms with E-state index < -0.39 is 18.0 Å². The highest BCUT2D eigenvalue weighted by Crippen LogP contribution is 2.22. The lowest BCUT2D eigenvalue weighted by atomic mass is 10.2. The fourth-order valence-corrected chi connectivity index (χ4v) is 1.95. The largest absolute Gasteiger partial charge is 0.449 e. The van der Waals surface area contributed by atoms with Crippen molar-refractivity contribution in [3.8, 4) is 0 Å². The number of carbonyl (C=O) groups excluding carboxylic acids is 2. The van der Waals surface area contributed by atoms with Crippen molar-refractivity contribution in [1.29, 1.82) is 0 Å². The van der Waals surface area contributed by atoms with Crippen LogP contribution >= 0.6 is 11.6 Å². The van der Waals surface area contributed by atoms with Crippen LogP contribution < -0.4 is 5.73 Å². The van der Waals surface area contributed by atoms with Gasteiger partial charge in [-0.05, 0) is 25.8 Å². The van der Waals surface area contributed by atoms with E-state index in [9.17, 15) is 9.59 Å². The Morgan fingerprint density at radius 1 is 1.43 bits per heavy atom. The van der Waals surface area contributed by atoms with E-state index in [4.69, 9.17) is 22.1 Å². The van der Waals surface area contributed by atoms with E-state index in [0.29, 0.717) is 28.9 Å². The van der Waals surface area contributed by atoms with Gasteiger partial charge in [-0.3, -0.25) is 9.48 Å². The molecule has 1 heterocycles. The van der Waals surface area contributed by atoms with Crippen molar-refractivity contribution in [2.45, 2.75) is 40.3 Å². The van der Waals surface area contributed by atoms with E-state index in [1.165, 1.54) is 19.1 Å². The van der Waals surface area contributed by atoms with Gasteiger partial charge in [0.2, 0.25) is 0 Å². The Kier molecular flexibility index (Phi) is 5.96. The summed E-state index contributed by atoms with van der Waals surface area (Å²) in [4.78, 5) is 22.4. The van der Waals surface area contributed by atoms with Crippen LogP contribution in [0.25, 0.3) is 6.08 Å². The van der Waals surface area contributed by atoms with E-state index >= 15 is 0 Å². The highest BCUT2D eigenvalue weighted by atomic mass is 35.5. The maximum Gasteiger partial charge on any atom is 0.331 e. The molecular formula is C14H20ClN3O3. The predicted octanol–water partition coefficient (Wildman–Crippen LogP) is 1.93. The molecule has 0 aromatic carbocycles. The van der Waals surface area contributed by atoms with Crippen molar-refractivity contribution in [3.63, 3.8) is 0 Å². The number of amides is 1. The highest BCUT2D eigenvalue weighted by Gasteiger charge is 2.14. The molecule has 1 amide bonds. The van der Waals surface area contributed by atoms with Gasteiger partial charge in [-0.2, -0.15) is 5.10 Å². The Labute approximate surface area is 128 Å². The number of nitrogens with zero attached hydrogens (tertiary/aromatic N) is 2. The maximum atomic E-state index is 11.6. The van der Waals surface area contributed by atoms with Gasteiger partial charge in [-0.15, -0.1) is 0 Å². The molecule has 6 nitrogen and oxygen atoms in total. The smallest absolute Gasteiger partial charge is 0.331 e. The van der Waals surface area contributed by atoms with Gasteiger partial charge in [-0.25, -0.2) is 4.79 Å². The SMILES string of the molecule is Cc1nn(CC(C)C)c(Cl)c1/C=C/C(=O)O[C@@H](C)C(N)=O. The molecule has 0 aliphatic carbocycles. The topological polar surface area (TPSA) is 87.2 Å². The lowest BCUT2D eigenvalue weighted by Crippen LogP contribution is -2.29. The summed E-state index contributed by atoms with van der Waals surface area (Å²) in [6.45, 7) is 8.03. The van der Waals surface area contributed by atoms with Crippen molar-refractivity contribution in [2.24, 2.45) is 11.7 Å². The Bertz CT molecular complexity index is 564. The molecule has 0 saturated heterocycles. The molecule has 0 spiro atoms. The van der Waals surface area contributed by atoms with E-state index in [1.807, 2.05) is 0 Å². The third-order valence-corrected chi connectivity index (χ3v) is 3.13. The number of aromatic nitrogens is 2. The van der Waals surface area contributed by atoms with Crippen LogP contribution in [0.4, 0.5) is 0 Å². The van der Waals surface area contributed by atoms with Crippen molar-refractivity contribution < 1.29 is 14.3 Å². The molecule has 0 radical (unpaired) electrons. The monoisotopic (exact) mass is 313 g/mol. The minimum atomic E-state index is -0.970. The Morgan fingerprint density at radius 3 is 2.57 bits per heavy atom. The standard InChI is InChI=1S/C14H20ClN3O3/c1-8(2)7-18-13(15)11(9(3)17-18)5-6-12(19)21-10(4)14(16)20/h5-6,8,10H,7H2,1-4H3,(H2,16,20)/b6-5+/t10-/m0/s1. The fraction of sp³-hybridized carbons (Fsp3) is 0.500. The normalized spacial score (nSPS) is 12.9. The molecule has 21 heavy (non-hydrogen) atoms. The van der Waals surface area contributed by atoms with Crippen molar-refractivity contribution in [2.75, 3.05) is 0 Å². The van der Waals surface area contributed by atoms with Crippen LogP contribution in [0.5, 0.6) is 0 Å². The highest BCUT2D eigenvalue weighted by molar-refractivity contribution is 6.31. The van der Waals surface area contributed by atoms with Gasteiger partial charge in [0.1, 0.15) is 5.15 Å². The van der Waals surface area contributed by atoms with Crippen LogP contribution in [0, 0.1) is 12.8 Å². The van der Waals surface area contributed by atoms with Crippen molar-refractivity contribution in [3.05, 3.63) is 22.5 Å². The number of esters is 1. The van der Waals surface area contributed by atoms with Gasteiger partial charge in [0.25, 0.3) is 5.91 Å². The molecule has 0 aliphatic heterocycles. The van der Waals surface area contributed by atoms with E-state index in [0.717, 1.165) is 0 Å². The summed E-state index contributed by atoms with van der Waals surface area (Å²) in [5, 5.41) is 4.79. The molecule has 1 rings (SSSR count). The summed E-state index contributed by atoms with van der Waals surface area (Å²) >= 11 is 6.24. The van der Waals surface area contributed by atoms with Gasteiger partial charge in [0.15, 0.2) is 6.10 Å². The summed E-state index contributed by atoms with van der Waals surface area (Å²) in [5.74, 6) is -0.955. The Balaban J connectivity index is 2.83. The first-order valence-electron chi connectivity index (χ1n) is 6.63. The van der Waals surface area contributed by atoms with Gasteiger partial charge in [0, 0.05) is 18.2 Å². The number of aryl methyl sites for hydroxylation is 1. The second-order valence-electron chi connectivity index (χ2n) is 5.18. The van der Waals surface area contributed by atoms with Gasteiger partial charge >= 0.3 is 5.97 Å². The molecule has 2 N–H and O–H groups in total. The third kappa shape index (κ3) is 4.90. The zero-order valence-corrected chi connectivity index (χ0v) is 13.3. The molecule has 0 fully saturated rings. The lowest BCUT2D eigenvalue weighted by Gasteiger charge is -2.06. The van der Waals surface area contributed by atoms with Gasteiger partial charge < -0.3 is 10.5 Å². The van der Waals surface area contributed by atoms with Crippen molar-refractivity contribution in [1.82, 2.24) is 9.78 Å². The first-order valence-corrected chi connectivity index (χ1v) is 7.01. The van der Waals surface area contributed by atoms with Gasteiger partial charge in [-0.1, -0.05) is 25.4 Å². The van der Waals surface area contributed by atoms with Crippen LogP contribution in [0.2, 0.25) is 5.15 Å². The van der Waals surface area contributed by atoms with Crippen LogP contribution in [0.1, 0.15) is 32.0 Å². The average molecular weight is 314 g/mol. The van der Waals surface area contributed by atoms with Crippen LogP contribution in [-0.4, -0.2) is 27.8 Å². The molecule has 7 heteroatoms. The average Bonchev–Trinajstić information content (AvgIpc) is 2.61. The number of carbonyl (C=O) groups is 2. The van der Waals surface area contributed by atoms with Crippen molar-refractivity contribution >= 4 is 29.6 Å².